The van der Waals surface area contributed by atoms with Crippen LogP contribution in [0.4, 0.5) is 24.5 Å². The van der Waals surface area contributed by atoms with E-state index in [1.54, 1.807) is 30.3 Å². The molecule has 0 radical (unpaired) electrons. The van der Waals surface area contributed by atoms with Gasteiger partial charge in [0.2, 0.25) is 0 Å². The summed E-state index contributed by atoms with van der Waals surface area (Å²) in [6, 6.07) is 12.0. The number of Topliss-reactive ketones (excluding diaryl/α,β-unsaturated/α-hetero) is 1. The smallest absolute Gasteiger partial charge is 0.360 e. The van der Waals surface area contributed by atoms with Crippen molar-refractivity contribution in [2.75, 3.05) is 42.9 Å². The lowest BCUT2D eigenvalue weighted by molar-refractivity contribution is -0.892. The fourth-order valence-electron chi connectivity index (χ4n) is 3.36. The van der Waals surface area contributed by atoms with Crippen molar-refractivity contribution in [2.24, 2.45) is 0 Å². The van der Waals surface area contributed by atoms with Crippen molar-refractivity contribution in [1.82, 2.24) is 0 Å². The number of carbonyl (C=O) groups is 2. The van der Waals surface area contributed by atoms with Gasteiger partial charge in [0, 0.05) is 16.9 Å². The van der Waals surface area contributed by atoms with Crippen molar-refractivity contribution in [1.29, 1.82) is 0 Å². The van der Waals surface area contributed by atoms with Crippen LogP contribution in [0.25, 0.3) is 0 Å². The monoisotopic (exact) mass is 406 g/mol. The average Bonchev–Trinajstić information content (AvgIpc) is 2.68. The number of rotatable bonds is 5. The highest BCUT2D eigenvalue weighted by atomic mass is 19.4. The number of nitrogens with zero attached hydrogens (tertiary/aromatic N) is 1. The van der Waals surface area contributed by atoms with Crippen LogP contribution in [-0.2, 0) is 11.0 Å². The zero-order chi connectivity index (χ0) is 21.0. The van der Waals surface area contributed by atoms with Crippen LogP contribution < -0.4 is 15.1 Å². The molecule has 3 rings (SSSR count). The Bertz CT molecular complexity index is 873. The number of piperazine rings is 1. The number of benzene rings is 2. The zero-order valence-electron chi connectivity index (χ0n) is 16.1. The first-order valence-corrected chi connectivity index (χ1v) is 9.39. The molecule has 29 heavy (non-hydrogen) atoms. The van der Waals surface area contributed by atoms with Crippen LogP contribution in [0, 0.1) is 0 Å². The summed E-state index contributed by atoms with van der Waals surface area (Å²) in [7, 11) is 0. The molecule has 0 aromatic heterocycles. The number of quaternary nitrogens is 1. The number of carbonyl (C=O) groups excluding carboxylic acids is 2. The third-order valence-electron chi connectivity index (χ3n) is 4.99. The third kappa shape index (κ3) is 5.57. The van der Waals surface area contributed by atoms with E-state index in [0.29, 0.717) is 43.1 Å². The number of ketones is 1. The summed E-state index contributed by atoms with van der Waals surface area (Å²) < 4.78 is 38.7. The van der Waals surface area contributed by atoms with Crippen LogP contribution in [-0.4, -0.2) is 44.4 Å². The van der Waals surface area contributed by atoms with Crippen LogP contribution >= 0.6 is 0 Å². The van der Waals surface area contributed by atoms with Gasteiger partial charge in [-0.2, -0.15) is 13.2 Å². The lowest BCUT2D eigenvalue weighted by Gasteiger charge is -2.33. The molecule has 154 valence electrons. The Labute approximate surface area is 167 Å². The van der Waals surface area contributed by atoms with Gasteiger partial charge in [-0.25, -0.2) is 0 Å². The molecule has 0 bridgehead atoms. The first kappa shape index (κ1) is 20.9. The minimum Gasteiger partial charge on any atom is -0.360 e. The van der Waals surface area contributed by atoms with Crippen molar-refractivity contribution >= 4 is 23.1 Å². The summed E-state index contributed by atoms with van der Waals surface area (Å²) in [5, 5.41) is 2.81. The van der Waals surface area contributed by atoms with Gasteiger partial charge >= 0.3 is 6.18 Å². The molecule has 1 saturated heterocycles. The summed E-state index contributed by atoms with van der Waals surface area (Å²) >= 11 is 0. The standard InChI is InChI=1S/C21H22F3N3O2/c1-15(28)16-5-7-18(8-6-16)25-20(29)14-26-9-11-27(12-10-26)19-4-2-3-17(13-19)21(22,23)24/h2-8,13H,9-12,14H2,1H3,(H,25,29)/p+1. The molecular weight excluding hydrogens is 383 g/mol. The number of halogens is 3. The molecule has 1 heterocycles. The summed E-state index contributed by atoms with van der Waals surface area (Å²) in [5.41, 5.74) is 1.11. The highest BCUT2D eigenvalue weighted by Gasteiger charge is 2.31. The Morgan fingerprint density at radius 1 is 1.07 bits per heavy atom. The van der Waals surface area contributed by atoms with Crippen molar-refractivity contribution in [3.8, 4) is 0 Å². The van der Waals surface area contributed by atoms with E-state index >= 15 is 0 Å². The fourth-order valence-corrected chi connectivity index (χ4v) is 3.36. The Morgan fingerprint density at radius 3 is 2.31 bits per heavy atom. The van der Waals surface area contributed by atoms with Crippen LogP contribution in [0.3, 0.4) is 0 Å². The predicted molar refractivity (Wildman–Crippen MR) is 104 cm³/mol. The number of hydrogen-bond donors (Lipinski definition) is 2. The van der Waals surface area contributed by atoms with Gasteiger partial charge < -0.3 is 15.1 Å². The maximum absolute atomic E-state index is 12.9. The molecular formula is C21H23F3N3O2+. The van der Waals surface area contributed by atoms with Crippen molar-refractivity contribution in [2.45, 2.75) is 13.1 Å². The van der Waals surface area contributed by atoms with Crippen molar-refractivity contribution in [3.05, 3.63) is 59.7 Å². The van der Waals surface area contributed by atoms with Gasteiger partial charge in [-0.3, -0.25) is 9.59 Å². The first-order valence-electron chi connectivity index (χ1n) is 9.39. The van der Waals surface area contributed by atoms with Gasteiger partial charge in [0.05, 0.1) is 31.7 Å². The van der Waals surface area contributed by atoms with E-state index in [1.807, 2.05) is 4.90 Å². The molecule has 2 aromatic rings. The van der Waals surface area contributed by atoms with E-state index in [4.69, 9.17) is 0 Å². The highest BCUT2D eigenvalue weighted by molar-refractivity contribution is 5.95. The number of hydrogen-bond acceptors (Lipinski definition) is 3. The van der Waals surface area contributed by atoms with E-state index in [9.17, 15) is 22.8 Å². The Hall–Kier alpha value is -2.87. The Kier molecular flexibility index (Phi) is 6.22. The van der Waals surface area contributed by atoms with Crippen LogP contribution in [0.2, 0.25) is 0 Å². The summed E-state index contributed by atoms with van der Waals surface area (Å²) in [4.78, 5) is 26.5. The average molecular weight is 406 g/mol. The van der Waals surface area contributed by atoms with Gasteiger partial charge in [-0.1, -0.05) is 6.07 Å². The molecule has 1 amide bonds. The lowest BCUT2D eigenvalue weighted by Crippen LogP contribution is -3.15. The molecule has 0 saturated carbocycles. The molecule has 1 fully saturated rings. The van der Waals surface area contributed by atoms with Gasteiger partial charge in [0.25, 0.3) is 5.91 Å². The lowest BCUT2D eigenvalue weighted by atomic mass is 10.1. The minimum absolute atomic E-state index is 0.0361. The predicted octanol–water partition coefficient (Wildman–Crippen LogP) is 2.25. The number of anilines is 2. The van der Waals surface area contributed by atoms with Gasteiger partial charge in [0.1, 0.15) is 0 Å². The second-order valence-electron chi connectivity index (χ2n) is 7.14. The van der Waals surface area contributed by atoms with E-state index in [-0.39, 0.29) is 18.2 Å². The molecule has 0 spiro atoms. The van der Waals surface area contributed by atoms with E-state index in [2.05, 4.69) is 5.32 Å². The third-order valence-corrected chi connectivity index (χ3v) is 4.99. The molecule has 0 aliphatic carbocycles. The number of alkyl halides is 3. The Balaban J connectivity index is 1.50. The van der Waals surface area contributed by atoms with Crippen molar-refractivity contribution in [3.63, 3.8) is 0 Å². The van der Waals surface area contributed by atoms with Crippen LogP contribution in [0.5, 0.6) is 0 Å². The molecule has 8 heteroatoms. The van der Waals surface area contributed by atoms with Crippen LogP contribution in [0.15, 0.2) is 48.5 Å². The number of nitrogens with one attached hydrogen (secondary N) is 2. The second-order valence-corrected chi connectivity index (χ2v) is 7.14. The quantitative estimate of drug-likeness (QED) is 0.749. The molecule has 1 aliphatic heterocycles. The molecule has 1 aliphatic rings. The Morgan fingerprint density at radius 2 is 1.72 bits per heavy atom. The summed E-state index contributed by atoms with van der Waals surface area (Å²) in [6.45, 7) is 4.25. The van der Waals surface area contributed by atoms with Crippen molar-refractivity contribution < 1.29 is 27.7 Å². The normalized spacial score (nSPS) is 15.2. The first-order chi connectivity index (χ1) is 13.7. The molecule has 2 aromatic carbocycles. The summed E-state index contributed by atoms with van der Waals surface area (Å²) in [6.07, 6.45) is -4.36. The maximum atomic E-state index is 12.9. The van der Waals surface area contributed by atoms with Crippen LogP contribution in [0.1, 0.15) is 22.8 Å². The fraction of sp³-hybridized carbons (Fsp3) is 0.333. The SMILES string of the molecule is CC(=O)c1ccc(NC(=O)C[NH+]2CCN(c3cccc(C(F)(F)F)c3)CC2)cc1. The molecule has 0 atom stereocenters. The van der Waals surface area contributed by atoms with E-state index in [1.165, 1.54) is 19.1 Å². The van der Waals surface area contributed by atoms with Gasteiger partial charge in [-0.15, -0.1) is 0 Å². The van der Waals surface area contributed by atoms with E-state index in [0.717, 1.165) is 11.0 Å². The second kappa shape index (κ2) is 8.65. The maximum Gasteiger partial charge on any atom is 0.416 e. The highest BCUT2D eigenvalue weighted by Crippen LogP contribution is 2.31. The number of amides is 1. The molecule has 0 unspecified atom stereocenters. The largest absolute Gasteiger partial charge is 0.416 e. The minimum atomic E-state index is -4.36. The molecule has 2 N–H and O–H groups in total. The zero-order valence-corrected chi connectivity index (χ0v) is 16.1. The van der Waals surface area contributed by atoms with Gasteiger partial charge in [-0.05, 0) is 49.4 Å². The topological polar surface area (TPSA) is 53.9 Å². The molecule has 5 nitrogen and oxygen atoms in total. The van der Waals surface area contributed by atoms with Gasteiger partial charge in [0.15, 0.2) is 12.3 Å². The van der Waals surface area contributed by atoms with E-state index < -0.39 is 11.7 Å². The summed E-state index contributed by atoms with van der Waals surface area (Å²) in [5.74, 6) is -0.172.